The van der Waals surface area contributed by atoms with Gasteiger partial charge in [0, 0.05) is 45.0 Å². The van der Waals surface area contributed by atoms with Gasteiger partial charge in [-0.05, 0) is 65.4 Å². The lowest BCUT2D eigenvalue weighted by molar-refractivity contribution is 0.669. The van der Waals surface area contributed by atoms with Gasteiger partial charge >= 0.3 is 0 Å². The Morgan fingerprint density at radius 1 is 0.435 bits per heavy atom. The van der Waals surface area contributed by atoms with Crippen molar-refractivity contribution in [1.82, 2.24) is 9.97 Å². The Morgan fingerprint density at radius 3 is 1.89 bits per heavy atom. The first-order valence-corrected chi connectivity index (χ1v) is 15.4. The first-order valence-electron chi connectivity index (χ1n) is 15.4. The van der Waals surface area contributed by atoms with Crippen LogP contribution in [-0.4, -0.2) is 9.97 Å². The highest BCUT2D eigenvalue weighted by atomic mass is 16.3. The van der Waals surface area contributed by atoms with Crippen LogP contribution in [0.2, 0.25) is 0 Å². The summed E-state index contributed by atoms with van der Waals surface area (Å²) < 4.78 is 6.61. The molecule has 4 nitrogen and oxygen atoms in total. The molecule has 4 heteroatoms. The molecule has 0 aliphatic heterocycles. The number of hydrogen-bond donors (Lipinski definition) is 0. The molecule has 0 amide bonds. The zero-order valence-electron chi connectivity index (χ0n) is 24.8. The van der Waals surface area contributed by atoms with E-state index in [4.69, 9.17) is 14.4 Å². The van der Waals surface area contributed by atoms with E-state index in [0.717, 1.165) is 72.5 Å². The Labute approximate surface area is 265 Å². The first-order chi connectivity index (χ1) is 22.8. The molecular weight excluding hydrogens is 562 g/mol. The Hall–Kier alpha value is -6.26. The van der Waals surface area contributed by atoms with Crippen LogP contribution in [0.4, 0.5) is 17.1 Å². The number of rotatable bonds is 5. The highest BCUT2D eigenvalue weighted by Crippen LogP contribution is 2.43. The molecule has 0 aliphatic carbocycles. The molecule has 216 valence electrons. The molecule has 0 saturated carbocycles. The largest absolute Gasteiger partial charge is 0.456 e. The number of furan rings is 1. The fraction of sp³-hybridized carbons (Fsp3) is 0. The molecule has 0 atom stereocenters. The van der Waals surface area contributed by atoms with Gasteiger partial charge in [0.25, 0.3) is 0 Å². The molecule has 7 aromatic carbocycles. The minimum atomic E-state index is 0.815. The van der Waals surface area contributed by atoms with Gasteiger partial charge in [-0.15, -0.1) is 0 Å². The van der Waals surface area contributed by atoms with Crippen LogP contribution >= 0.6 is 0 Å². The van der Waals surface area contributed by atoms with Crippen LogP contribution in [0.1, 0.15) is 0 Å². The van der Waals surface area contributed by atoms with Crippen LogP contribution in [0.3, 0.4) is 0 Å². The van der Waals surface area contributed by atoms with E-state index >= 15 is 0 Å². The second kappa shape index (κ2) is 10.7. The lowest BCUT2D eigenvalue weighted by atomic mass is 9.98. The van der Waals surface area contributed by atoms with Crippen LogP contribution in [0, 0.1) is 0 Å². The van der Waals surface area contributed by atoms with Gasteiger partial charge in [0.15, 0.2) is 0 Å². The van der Waals surface area contributed by atoms with Crippen molar-refractivity contribution in [2.45, 2.75) is 0 Å². The molecule has 0 aliphatic rings. The van der Waals surface area contributed by atoms with Crippen molar-refractivity contribution in [3.63, 3.8) is 0 Å². The van der Waals surface area contributed by atoms with E-state index in [2.05, 4.69) is 108 Å². The van der Waals surface area contributed by atoms with Crippen molar-refractivity contribution < 1.29 is 4.42 Å². The average Bonchev–Trinajstić information content (AvgIpc) is 3.50. The molecule has 0 N–H and O–H groups in total. The summed E-state index contributed by atoms with van der Waals surface area (Å²) in [7, 11) is 0. The van der Waals surface area contributed by atoms with Gasteiger partial charge in [0.2, 0.25) is 0 Å². The Bertz CT molecular complexity index is 2540. The molecular formula is C42H27N3O. The fourth-order valence-corrected chi connectivity index (χ4v) is 6.48. The topological polar surface area (TPSA) is 42.2 Å². The predicted octanol–water partition coefficient (Wildman–Crippen LogP) is 11.5. The zero-order valence-corrected chi connectivity index (χ0v) is 24.8. The third-order valence-electron chi connectivity index (χ3n) is 8.62. The summed E-state index contributed by atoms with van der Waals surface area (Å²) in [5.74, 6) is 0. The maximum Gasteiger partial charge on any atom is 0.137 e. The molecule has 0 unspecified atom stereocenters. The first kappa shape index (κ1) is 26.2. The van der Waals surface area contributed by atoms with Gasteiger partial charge in [-0.25, -0.2) is 9.97 Å². The fourth-order valence-electron chi connectivity index (χ4n) is 6.48. The number of nitrogens with zero attached hydrogens (tertiary/aromatic N) is 3. The number of fused-ring (bicyclic) bond motifs is 5. The molecule has 0 saturated heterocycles. The van der Waals surface area contributed by atoms with Crippen molar-refractivity contribution in [1.29, 1.82) is 0 Å². The van der Waals surface area contributed by atoms with Crippen LogP contribution in [0.5, 0.6) is 0 Å². The SMILES string of the molecule is c1ccc(-c2nc3ccccc3nc2-c2cccc3oc4cc(N(c5ccccc5)c5ccc6ccccc6c5)ccc4c23)cc1. The van der Waals surface area contributed by atoms with E-state index in [1.54, 1.807) is 0 Å². The van der Waals surface area contributed by atoms with E-state index in [1.807, 2.05) is 60.7 Å². The number of para-hydroxylation sites is 3. The predicted molar refractivity (Wildman–Crippen MR) is 190 cm³/mol. The van der Waals surface area contributed by atoms with Crippen molar-refractivity contribution in [3.8, 4) is 22.5 Å². The maximum atomic E-state index is 6.61. The third-order valence-corrected chi connectivity index (χ3v) is 8.62. The van der Waals surface area contributed by atoms with Crippen LogP contribution in [0.15, 0.2) is 168 Å². The maximum absolute atomic E-state index is 6.61. The van der Waals surface area contributed by atoms with Gasteiger partial charge in [0.1, 0.15) is 11.2 Å². The van der Waals surface area contributed by atoms with E-state index in [1.165, 1.54) is 10.8 Å². The van der Waals surface area contributed by atoms with Crippen LogP contribution in [0.25, 0.3) is 66.3 Å². The molecule has 0 fully saturated rings. The van der Waals surface area contributed by atoms with E-state index in [-0.39, 0.29) is 0 Å². The van der Waals surface area contributed by atoms with E-state index in [9.17, 15) is 0 Å². The lowest BCUT2D eigenvalue weighted by Crippen LogP contribution is -2.09. The van der Waals surface area contributed by atoms with Crippen molar-refractivity contribution in [2.24, 2.45) is 0 Å². The molecule has 0 bridgehead atoms. The summed E-state index contributed by atoms with van der Waals surface area (Å²) in [5, 5.41) is 4.48. The molecule has 0 spiro atoms. The van der Waals surface area contributed by atoms with E-state index < -0.39 is 0 Å². The number of aromatic nitrogens is 2. The Kier molecular flexibility index (Phi) is 6.10. The third kappa shape index (κ3) is 4.39. The molecule has 2 aromatic heterocycles. The summed E-state index contributed by atoms with van der Waals surface area (Å²) in [4.78, 5) is 12.6. The monoisotopic (exact) mass is 589 g/mol. The number of benzene rings is 7. The van der Waals surface area contributed by atoms with Gasteiger partial charge in [-0.1, -0.05) is 103 Å². The molecule has 9 rings (SSSR count). The molecule has 2 heterocycles. The van der Waals surface area contributed by atoms with E-state index in [0.29, 0.717) is 0 Å². The second-order valence-electron chi connectivity index (χ2n) is 11.4. The Balaban J connectivity index is 1.25. The number of hydrogen-bond acceptors (Lipinski definition) is 4. The summed E-state index contributed by atoms with van der Waals surface area (Å²) >= 11 is 0. The summed E-state index contributed by atoms with van der Waals surface area (Å²) in [6.07, 6.45) is 0. The normalized spacial score (nSPS) is 11.5. The van der Waals surface area contributed by atoms with Crippen molar-refractivity contribution in [2.75, 3.05) is 4.90 Å². The number of anilines is 3. The second-order valence-corrected chi connectivity index (χ2v) is 11.4. The van der Waals surface area contributed by atoms with Gasteiger partial charge in [0.05, 0.1) is 22.4 Å². The van der Waals surface area contributed by atoms with Crippen molar-refractivity contribution in [3.05, 3.63) is 164 Å². The summed E-state index contributed by atoms with van der Waals surface area (Å²) in [6.45, 7) is 0. The van der Waals surface area contributed by atoms with Gasteiger partial charge < -0.3 is 9.32 Å². The zero-order chi connectivity index (χ0) is 30.5. The van der Waals surface area contributed by atoms with Gasteiger partial charge in [-0.3, -0.25) is 0 Å². The van der Waals surface area contributed by atoms with Crippen LogP contribution in [-0.2, 0) is 0 Å². The molecule has 0 radical (unpaired) electrons. The van der Waals surface area contributed by atoms with Crippen LogP contribution < -0.4 is 4.90 Å². The molecule has 46 heavy (non-hydrogen) atoms. The highest BCUT2D eigenvalue weighted by Gasteiger charge is 2.20. The minimum absolute atomic E-state index is 0.815. The minimum Gasteiger partial charge on any atom is -0.456 e. The quantitative estimate of drug-likeness (QED) is 0.200. The average molecular weight is 590 g/mol. The molecule has 9 aromatic rings. The van der Waals surface area contributed by atoms with Crippen molar-refractivity contribution >= 4 is 60.8 Å². The Morgan fingerprint density at radius 2 is 1.09 bits per heavy atom. The highest BCUT2D eigenvalue weighted by molar-refractivity contribution is 6.14. The standard InChI is InChI=1S/C42H27N3O/c1-3-13-29(14-4-1)41-42(44-37-20-10-9-19-36(37)43-41)35-18-11-21-38-40(35)34-25-24-33(27-39(34)46-38)45(31-16-5-2-6-17-31)32-23-22-28-12-7-8-15-30(28)26-32/h1-27H. The lowest BCUT2D eigenvalue weighted by Gasteiger charge is -2.25. The smallest absolute Gasteiger partial charge is 0.137 e. The van der Waals surface area contributed by atoms with Gasteiger partial charge in [-0.2, -0.15) is 0 Å². The summed E-state index contributed by atoms with van der Waals surface area (Å²) in [5.41, 5.74) is 10.2. The summed E-state index contributed by atoms with van der Waals surface area (Å²) in [6, 6.07) is 56.6.